The summed E-state index contributed by atoms with van der Waals surface area (Å²) in [6, 6.07) is 6.70. The van der Waals surface area contributed by atoms with Gasteiger partial charge in [-0.3, -0.25) is 0 Å². The molecule has 0 aliphatic rings. The van der Waals surface area contributed by atoms with Gasteiger partial charge in [0.05, 0.1) is 7.11 Å². The third-order valence-electron chi connectivity index (χ3n) is 3.40. The zero-order chi connectivity index (χ0) is 13.7. The molecule has 2 atom stereocenters. The van der Waals surface area contributed by atoms with Crippen LogP contribution < -0.4 is 10.5 Å². The van der Waals surface area contributed by atoms with E-state index in [-0.39, 0.29) is 0 Å². The van der Waals surface area contributed by atoms with E-state index in [1.54, 1.807) is 7.11 Å². The zero-order valence-corrected chi connectivity index (χ0v) is 12.2. The van der Waals surface area contributed by atoms with E-state index in [0.717, 1.165) is 18.7 Å². The van der Waals surface area contributed by atoms with Crippen molar-refractivity contribution in [2.24, 2.45) is 11.7 Å². The van der Waals surface area contributed by atoms with Crippen LogP contribution in [0.3, 0.4) is 0 Å². The Balaban J connectivity index is 3.08. The molecule has 0 radical (unpaired) electrons. The molecule has 1 aromatic carbocycles. The second kappa shape index (κ2) is 6.76. The molecular formula is C15H26N2O. The van der Waals surface area contributed by atoms with Gasteiger partial charge in [-0.25, -0.2) is 0 Å². The fourth-order valence-electron chi connectivity index (χ4n) is 2.21. The van der Waals surface area contributed by atoms with Crippen molar-refractivity contribution in [3.05, 3.63) is 29.3 Å². The zero-order valence-electron chi connectivity index (χ0n) is 12.2. The van der Waals surface area contributed by atoms with Crippen LogP contribution >= 0.6 is 0 Å². The largest absolute Gasteiger partial charge is 0.496 e. The third kappa shape index (κ3) is 3.72. The predicted molar refractivity (Wildman–Crippen MR) is 77.0 cm³/mol. The van der Waals surface area contributed by atoms with Crippen LogP contribution in [0.5, 0.6) is 5.75 Å². The molecule has 3 nitrogen and oxygen atoms in total. The Bertz CT molecular complexity index is 377. The summed E-state index contributed by atoms with van der Waals surface area (Å²) in [7, 11) is 5.94. The molecule has 1 aromatic rings. The van der Waals surface area contributed by atoms with Gasteiger partial charge < -0.3 is 15.4 Å². The van der Waals surface area contributed by atoms with Crippen molar-refractivity contribution >= 4 is 0 Å². The number of hydrogen-bond acceptors (Lipinski definition) is 3. The summed E-state index contributed by atoms with van der Waals surface area (Å²) in [4.78, 5) is 2.24. The number of nitrogens with two attached hydrogens (primary N) is 1. The lowest BCUT2D eigenvalue weighted by Crippen LogP contribution is -2.25. The lowest BCUT2D eigenvalue weighted by Gasteiger charge is -2.28. The molecule has 1 rings (SSSR count). The summed E-state index contributed by atoms with van der Waals surface area (Å²) >= 11 is 0. The monoisotopic (exact) mass is 250 g/mol. The normalized spacial score (nSPS) is 14.6. The minimum atomic E-state index is 0.346. The fraction of sp³-hybridized carbons (Fsp3) is 0.600. The number of benzene rings is 1. The first-order chi connectivity index (χ1) is 8.49. The van der Waals surface area contributed by atoms with Crippen molar-refractivity contribution in [3.63, 3.8) is 0 Å². The molecule has 0 fully saturated rings. The molecule has 3 heteroatoms. The van der Waals surface area contributed by atoms with E-state index in [9.17, 15) is 0 Å². The van der Waals surface area contributed by atoms with Crippen LogP contribution in [0.25, 0.3) is 0 Å². The topological polar surface area (TPSA) is 38.5 Å². The number of methoxy groups -OCH3 is 1. The van der Waals surface area contributed by atoms with Crippen LogP contribution in [0.1, 0.15) is 30.5 Å². The summed E-state index contributed by atoms with van der Waals surface area (Å²) in [5, 5.41) is 0. The summed E-state index contributed by atoms with van der Waals surface area (Å²) in [5.41, 5.74) is 8.26. The second-order valence-corrected chi connectivity index (χ2v) is 5.30. The average molecular weight is 250 g/mol. The van der Waals surface area contributed by atoms with Crippen LogP contribution in [-0.2, 0) is 0 Å². The fourth-order valence-corrected chi connectivity index (χ4v) is 2.21. The summed E-state index contributed by atoms with van der Waals surface area (Å²) < 4.78 is 5.49. The first-order valence-corrected chi connectivity index (χ1v) is 6.50. The van der Waals surface area contributed by atoms with Crippen molar-refractivity contribution < 1.29 is 4.74 Å². The van der Waals surface area contributed by atoms with E-state index in [0.29, 0.717) is 12.0 Å². The van der Waals surface area contributed by atoms with Crippen LogP contribution in [0.15, 0.2) is 18.2 Å². The Morgan fingerprint density at radius 2 is 2.00 bits per heavy atom. The van der Waals surface area contributed by atoms with Gasteiger partial charge in [-0.1, -0.05) is 24.6 Å². The molecule has 0 spiro atoms. The minimum Gasteiger partial charge on any atom is -0.496 e. The van der Waals surface area contributed by atoms with E-state index in [1.807, 2.05) is 6.07 Å². The smallest absolute Gasteiger partial charge is 0.123 e. The quantitative estimate of drug-likeness (QED) is 0.843. The predicted octanol–water partition coefficient (Wildman–Crippen LogP) is 2.59. The van der Waals surface area contributed by atoms with Crippen LogP contribution in [0.2, 0.25) is 0 Å². The molecule has 0 bridgehead atoms. The summed E-state index contributed by atoms with van der Waals surface area (Å²) in [6.07, 6.45) is 1.04. The Morgan fingerprint density at radius 3 is 2.50 bits per heavy atom. The summed E-state index contributed by atoms with van der Waals surface area (Å²) in [5.74, 6) is 1.46. The van der Waals surface area contributed by atoms with Crippen molar-refractivity contribution in [3.8, 4) is 5.75 Å². The standard InChI is InChI=1S/C15H26N2O/c1-11-6-7-15(18-5)13(8-11)14(17(3)4)9-12(2)10-16/h6-8,12,14H,9-10,16H2,1-5H3. The Morgan fingerprint density at radius 1 is 1.33 bits per heavy atom. The number of ether oxygens (including phenoxy) is 1. The molecule has 0 saturated carbocycles. The number of aryl methyl sites for hydroxylation is 1. The molecular weight excluding hydrogens is 224 g/mol. The molecule has 0 saturated heterocycles. The van der Waals surface area contributed by atoms with Gasteiger partial charge in [0.1, 0.15) is 5.75 Å². The molecule has 18 heavy (non-hydrogen) atoms. The first-order valence-electron chi connectivity index (χ1n) is 6.50. The van der Waals surface area contributed by atoms with Gasteiger partial charge >= 0.3 is 0 Å². The van der Waals surface area contributed by atoms with E-state index < -0.39 is 0 Å². The Labute approximate surface area is 111 Å². The van der Waals surface area contributed by atoms with Gasteiger partial charge in [0.25, 0.3) is 0 Å². The lowest BCUT2D eigenvalue weighted by atomic mass is 9.93. The molecule has 0 heterocycles. The highest BCUT2D eigenvalue weighted by Gasteiger charge is 2.20. The molecule has 102 valence electrons. The maximum absolute atomic E-state index is 5.75. The molecule has 0 amide bonds. The Kier molecular flexibility index (Phi) is 5.63. The van der Waals surface area contributed by atoms with E-state index in [2.05, 4.69) is 45.0 Å². The minimum absolute atomic E-state index is 0.346. The van der Waals surface area contributed by atoms with E-state index in [4.69, 9.17) is 10.5 Å². The van der Waals surface area contributed by atoms with Crippen LogP contribution in [-0.4, -0.2) is 32.6 Å². The highest BCUT2D eigenvalue weighted by atomic mass is 16.5. The SMILES string of the molecule is COc1ccc(C)cc1C(CC(C)CN)N(C)C. The van der Waals surface area contributed by atoms with Crippen LogP contribution in [0.4, 0.5) is 0 Å². The van der Waals surface area contributed by atoms with Gasteiger partial charge in [-0.05, 0) is 46.0 Å². The van der Waals surface area contributed by atoms with Crippen LogP contribution in [0, 0.1) is 12.8 Å². The van der Waals surface area contributed by atoms with Crippen molar-refractivity contribution in [1.29, 1.82) is 0 Å². The van der Waals surface area contributed by atoms with Gasteiger partial charge in [-0.15, -0.1) is 0 Å². The highest BCUT2D eigenvalue weighted by Crippen LogP contribution is 2.33. The van der Waals surface area contributed by atoms with Gasteiger partial charge in [0.2, 0.25) is 0 Å². The van der Waals surface area contributed by atoms with Gasteiger partial charge in [0.15, 0.2) is 0 Å². The maximum Gasteiger partial charge on any atom is 0.123 e. The third-order valence-corrected chi connectivity index (χ3v) is 3.40. The lowest BCUT2D eigenvalue weighted by molar-refractivity contribution is 0.248. The molecule has 0 aliphatic heterocycles. The average Bonchev–Trinajstić information content (AvgIpc) is 2.35. The maximum atomic E-state index is 5.75. The first kappa shape index (κ1) is 15.0. The number of nitrogens with zero attached hydrogens (tertiary/aromatic N) is 1. The van der Waals surface area contributed by atoms with Crippen molar-refractivity contribution in [1.82, 2.24) is 4.90 Å². The molecule has 0 aromatic heterocycles. The Hall–Kier alpha value is -1.06. The molecule has 2 unspecified atom stereocenters. The molecule has 2 N–H and O–H groups in total. The van der Waals surface area contributed by atoms with Crippen molar-refractivity contribution in [2.45, 2.75) is 26.3 Å². The summed E-state index contributed by atoms with van der Waals surface area (Å²) in [6.45, 7) is 5.03. The molecule has 0 aliphatic carbocycles. The van der Waals surface area contributed by atoms with Gasteiger partial charge in [0, 0.05) is 11.6 Å². The number of hydrogen-bond donors (Lipinski definition) is 1. The number of rotatable bonds is 6. The van der Waals surface area contributed by atoms with Crippen molar-refractivity contribution in [2.75, 3.05) is 27.7 Å². The highest BCUT2D eigenvalue weighted by molar-refractivity contribution is 5.39. The van der Waals surface area contributed by atoms with Gasteiger partial charge in [-0.2, -0.15) is 0 Å². The second-order valence-electron chi connectivity index (χ2n) is 5.30. The van der Waals surface area contributed by atoms with E-state index >= 15 is 0 Å². The van der Waals surface area contributed by atoms with E-state index in [1.165, 1.54) is 11.1 Å².